The molecule has 0 aromatic heterocycles. The van der Waals surface area contributed by atoms with Gasteiger partial charge >= 0.3 is 0 Å². The maximum atomic E-state index is 5.45. The van der Waals surface area contributed by atoms with Crippen molar-refractivity contribution in [2.75, 3.05) is 27.1 Å². The van der Waals surface area contributed by atoms with Crippen LogP contribution >= 0.6 is 0 Å². The summed E-state index contributed by atoms with van der Waals surface area (Å²) in [6.07, 6.45) is 3.86. The standard InChI is InChI=1S/C13H18O3/c1-14-12-16-10-6-5-9-15-11-13-7-3-2-4-8-13/h2-8H,9-12H2,1H3/b6-5+. The Morgan fingerprint density at radius 2 is 1.69 bits per heavy atom. The van der Waals surface area contributed by atoms with Gasteiger partial charge in [0.05, 0.1) is 19.8 Å². The van der Waals surface area contributed by atoms with E-state index in [0.717, 1.165) is 0 Å². The molecular weight excluding hydrogens is 204 g/mol. The fraction of sp³-hybridized carbons (Fsp3) is 0.385. The largest absolute Gasteiger partial charge is 0.373 e. The number of methoxy groups -OCH3 is 1. The minimum absolute atomic E-state index is 0.329. The van der Waals surface area contributed by atoms with Gasteiger partial charge in [-0.15, -0.1) is 0 Å². The van der Waals surface area contributed by atoms with E-state index in [2.05, 4.69) is 0 Å². The summed E-state index contributed by atoms with van der Waals surface area (Å²) in [7, 11) is 1.60. The average Bonchev–Trinajstić information content (AvgIpc) is 2.34. The van der Waals surface area contributed by atoms with Gasteiger partial charge in [0.2, 0.25) is 0 Å². The second-order valence-electron chi connectivity index (χ2n) is 3.25. The lowest BCUT2D eigenvalue weighted by atomic mass is 10.2. The van der Waals surface area contributed by atoms with Crippen molar-refractivity contribution >= 4 is 0 Å². The van der Waals surface area contributed by atoms with E-state index in [-0.39, 0.29) is 0 Å². The normalized spacial score (nSPS) is 11.1. The number of rotatable bonds is 8. The van der Waals surface area contributed by atoms with Gasteiger partial charge in [0.25, 0.3) is 0 Å². The summed E-state index contributed by atoms with van der Waals surface area (Å²) in [5.74, 6) is 0. The van der Waals surface area contributed by atoms with E-state index in [1.165, 1.54) is 5.56 Å². The lowest BCUT2D eigenvalue weighted by Crippen LogP contribution is -1.96. The molecule has 88 valence electrons. The van der Waals surface area contributed by atoms with E-state index < -0.39 is 0 Å². The van der Waals surface area contributed by atoms with E-state index in [1.54, 1.807) is 7.11 Å². The van der Waals surface area contributed by atoms with E-state index in [4.69, 9.17) is 14.2 Å². The summed E-state index contributed by atoms with van der Waals surface area (Å²) in [6.45, 7) is 2.13. The van der Waals surface area contributed by atoms with Crippen molar-refractivity contribution in [1.82, 2.24) is 0 Å². The second-order valence-corrected chi connectivity index (χ2v) is 3.25. The van der Waals surface area contributed by atoms with Crippen LogP contribution in [0.5, 0.6) is 0 Å². The van der Waals surface area contributed by atoms with Gasteiger partial charge in [-0.1, -0.05) is 42.5 Å². The van der Waals surface area contributed by atoms with Crippen molar-refractivity contribution in [2.45, 2.75) is 6.61 Å². The first-order valence-corrected chi connectivity index (χ1v) is 5.27. The Morgan fingerprint density at radius 1 is 1.00 bits per heavy atom. The van der Waals surface area contributed by atoms with Crippen molar-refractivity contribution in [3.05, 3.63) is 48.0 Å². The molecule has 0 atom stereocenters. The topological polar surface area (TPSA) is 27.7 Å². The van der Waals surface area contributed by atoms with E-state index in [0.29, 0.717) is 26.6 Å². The van der Waals surface area contributed by atoms with Crippen molar-refractivity contribution in [3.63, 3.8) is 0 Å². The SMILES string of the molecule is COCOC/C=C/COCc1ccccc1. The van der Waals surface area contributed by atoms with E-state index in [9.17, 15) is 0 Å². The fourth-order valence-corrected chi connectivity index (χ4v) is 1.15. The van der Waals surface area contributed by atoms with E-state index >= 15 is 0 Å². The van der Waals surface area contributed by atoms with Crippen LogP contribution < -0.4 is 0 Å². The maximum absolute atomic E-state index is 5.45. The van der Waals surface area contributed by atoms with Crippen molar-refractivity contribution in [2.24, 2.45) is 0 Å². The van der Waals surface area contributed by atoms with Crippen LogP contribution in [0.2, 0.25) is 0 Å². The molecule has 3 nitrogen and oxygen atoms in total. The first-order chi connectivity index (χ1) is 7.93. The highest BCUT2D eigenvalue weighted by Crippen LogP contribution is 1.99. The van der Waals surface area contributed by atoms with Crippen LogP contribution in [0.15, 0.2) is 42.5 Å². The highest BCUT2D eigenvalue weighted by molar-refractivity contribution is 5.13. The first kappa shape index (κ1) is 12.9. The fourth-order valence-electron chi connectivity index (χ4n) is 1.15. The molecule has 3 heteroatoms. The summed E-state index contributed by atoms with van der Waals surface area (Å²) in [5, 5.41) is 0. The predicted octanol–water partition coefficient (Wildman–Crippen LogP) is 2.38. The molecule has 0 spiro atoms. The molecule has 0 bridgehead atoms. The van der Waals surface area contributed by atoms with Gasteiger partial charge in [-0.25, -0.2) is 0 Å². The van der Waals surface area contributed by atoms with Gasteiger partial charge in [0, 0.05) is 7.11 Å². The third-order valence-corrected chi connectivity index (χ3v) is 1.91. The lowest BCUT2D eigenvalue weighted by Gasteiger charge is -2.01. The highest BCUT2D eigenvalue weighted by Gasteiger charge is 1.88. The third kappa shape index (κ3) is 6.35. The quantitative estimate of drug-likeness (QED) is 0.384. The second kappa shape index (κ2) is 9.09. The Kier molecular flexibility index (Phi) is 7.34. The van der Waals surface area contributed by atoms with Crippen molar-refractivity contribution < 1.29 is 14.2 Å². The third-order valence-electron chi connectivity index (χ3n) is 1.91. The van der Waals surface area contributed by atoms with Gasteiger partial charge in [-0.2, -0.15) is 0 Å². The van der Waals surface area contributed by atoms with Gasteiger partial charge in [0.15, 0.2) is 0 Å². The van der Waals surface area contributed by atoms with Crippen LogP contribution in [0.3, 0.4) is 0 Å². The molecule has 1 aromatic rings. The summed E-state index contributed by atoms with van der Waals surface area (Å²) in [5.41, 5.74) is 1.19. The van der Waals surface area contributed by atoms with Crippen LogP contribution in [-0.2, 0) is 20.8 Å². The number of hydrogen-bond donors (Lipinski definition) is 0. The molecule has 0 saturated heterocycles. The summed E-state index contributed by atoms with van der Waals surface area (Å²) >= 11 is 0. The molecule has 0 N–H and O–H groups in total. The summed E-state index contributed by atoms with van der Waals surface area (Å²) < 4.78 is 15.3. The van der Waals surface area contributed by atoms with Crippen LogP contribution in [0.1, 0.15) is 5.56 Å². The molecule has 16 heavy (non-hydrogen) atoms. The smallest absolute Gasteiger partial charge is 0.146 e. The zero-order chi connectivity index (χ0) is 11.5. The molecule has 0 amide bonds. The number of hydrogen-bond acceptors (Lipinski definition) is 3. The maximum Gasteiger partial charge on any atom is 0.146 e. The molecule has 0 unspecified atom stereocenters. The molecule has 0 aliphatic rings. The van der Waals surface area contributed by atoms with Gasteiger partial charge in [-0.05, 0) is 5.56 Å². The first-order valence-electron chi connectivity index (χ1n) is 5.27. The van der Waals surface area contributed by atoms with Gasteiger partial charge < -0.3 is 14.2 Å². The highest BCUT2D eigenvalue weighted by atomic mass is 16.7. The Labute approximate surface area is 96.6 Å². The lowest BCUT2D eigenvalue weighted by molar-refractivity contribution is -0.0188. The van der Waals surface area contributed by atoms with Gasteiger partial charge in [0.1, 0.15) is 6.79 Å². The molecule has 0 heterocycles. The number of ether oxygens (including phenoxy) is 3. The molecule has 0 radical (unpaired) electrons. The summed E-state index contributed by atoms with van der Waals surface area (Å²) in [4.78, 5) is 0. The Hall–Kier alpha value is -1.16. The predicted molar refractivity (Wildman–Crippen MR) is 63.1 cm³/mol. The van der Waals surface area contributed by atoms with Gasteiger partial charge in [-0.3, -0.25) is 0 Å². The molecule has 1 rings (SSSR count). The van der Waals surface area contributed by atoms with Crippen LogP contribution in [0, 0.1) is 0 Å². The molecule has 0 aliphatic carbocycles. The molecule has 0 aliphatic heterocycles. The Bertz CT molecular complexity index is 282. The van der Waals surface area contributed by atoms with Crippen LogP contribution in [0.4, 0.5) is 0 Å². The zero-order valence-electron chi connectivity index (χ0n) is 9.59. The van der Waals surface area contributed by atoms with Crippen LogP contribution in [-0.4, -0.2) is 27.1 Å². The molecular formula is C13H18O3. The molecule has 0 fully saturated rings. The van der Waals surface area contributed by atoms with E-state index in [1.807, 2.05) is 42.5 Å². The molecule has 1 aromatic carbocycles. The van der Waals surface area contributed by atoms with Crippen molar-refractivity contribution in [1.29, 1.82) is 0 Å². The molecule has 0 saturated carbocycles. The Morgan fingerprint density at radius 3 is 2.38 bits per heavy atom. The average molecular weight is 222 g/mol. The monoisotopic (exact) mass is 222 g/mol. The van der Waals surface area contributed by atoms with Crippen LogP contribution in [0.25, 0.3) is 0 Å². The minimum Gasteiger partial charge on any atom is -0.373 e. The van der Waals surface area contributed by atoms with Crippen molar-refractivity contribution in [3.8, 4) is 0 Å². The Balaban J connectivity index is 1.99. The zero-order valence-corrected chi connectivity index (χ0v) is 9.59. The minimum atomic E-state index is 0.329. The summed E-state index contributed by atoms with van der Waals surface area (Å²) in [6, 6.07) is 10.1. The number of benzene rings is 1.